The van der Waals surface area contributed by atoms with E-state index in [0.717, 1.165) is 11.4 Å². The molecule has 0 saturated carbocycles. The lowest BCUT2D eigenvalue weighted by Gasteiger charge is -2.03. The van der Waals surface area contributed by atoms with Gasteiger partial charge in [0.15, 0.2) is 0 Å². The molecule has 0 unspecified atom stereocenters. The average molecular weight is 331 g/mol. The number of nitrogens with one attached hydrogen (secondary N) is 1. The first kappa shape index (κ1) is 15.3. The van der Waals surface area contributed by atoms with Gasteiger partial charge in [0.05, 0.1) is 18.7 Å². The summed E-state index contributed by atoms with van der Waals surface area (Å²) in [5.41, 5.74) is 1.39. The van der Waals surface area contributed by atoms with Crippen LogP contribution in [0.3, 0.4) is 0 Å². The normalized spacial score (nSPS) is 10.7. The van der Waals surface area contributed by atoms with Crippen molar-refractivity contribution >= 4 is 17.5 Å². The highest BCUT2D eigenvalue weighted by Gasteiger charge is 2.11. The number of rotatable bonds is 5. The zero-order valence-electron chi connectivity index (χ0n) is 12.5. The summed E-state index contributed by atoms with van der Waals surface area (Å²) in [6, 6.07) is 7.17. The Labute approximate surface area is 138 Å². The van der Waals surface area contributed by atoms with Crippen LogP contribution >= 0.6 is 11.6 Å². The number of carbonyl (C=O) groups excluding carboxylic acids is 1. The Kier molecular flexibility index (Phi) is 4.43. The molecule has 0 aliphatic rings. The maximum atomic E-state index is 12.0. The van der Waals surface area contributed by atoms with Gasteiger partial charge in [-0.2, -0.15) is 0 Å². The number of oxazole rings is 1. The van der Waals surface area contributed by atoms with E-state index in [-0.39, 0.29) is 12.3 Å². The van der Waals surface area contributed by atoms with E-state index in [9.17, 15) is 4.79 Å². The Bertz CT molecular complexity index is 808. The number of hydrogen-bond donors (Lipinski definition) is 1. The molecule has 1 aromatic carbocycles. The van der Waals surface area contributed by atoms with E-state index < -0.39 is 0 Å². The third-order valence-electron chi connectivity index (χ3n) is 3.35. The zero-order chi connectivity index (χ0) is 16.2. The Morgan fingerprint density at radius 2 is 2.13 bits per heavy atom. The highest BCUT2D eigenvalue weighted by Crippen LogP contribution is 2.20. The number of nitrogens with zero attached hydrogens (tertiary/aromatic N) is 3. The first-order chi connectivity index (χ1) is 11.1. The lowest BCUT2D eigenvalue weighted by atomic mass is 10.2. The number of amides is 1. The minimum Gasteiger partial charge on any atom is -0.444 e. The largest absolute Gasteiger partial charge is 0.444 e. The van der Waals surface area contributed by atoms with Crippen molar-refractivity contribution in [3.05, 3.63) is 59.5 Å². The molecule has 0 atom stereocenters. The minimum absolute atomic E-state index is 0.135. The van der Waals surface area contributed by atoms with E-state index in [1.54, 1.807) is 18.3 Å². The number of halogens is 1. The maximum absolute atomic E-state index is 12.0. The Morgan fingerprint density at radius 1 is 1.35 bits per heavy atom. The number of carbonyl (C=O) groups is 1. The molecule has 2 aromatic heterocycles. The molecule has 1 N–H and O–H groups in total. The molecule has 3 rings (SSSR count). The van der Waals surface area contributed by atoms with Gasteiger partial charge in [0.1, 0.15) is 12.1 Å². The fraction of sp³-hybridized carbons (Fsp3) is 0.188. The van der Waals surface area contributed by atoms with E-state index in [1.165, 1.54) is 6.26 Å². The summed E-state index contributed by atoms with van der Waals surface area (Å²) >= 11 is 5.85. The number of benzene rings is 1. The van der Waals surface area contributed by atoms with Crippen molar-refractivity contribution in [2.75, 3.05) is 0 Å². The van der Waals surface area contributed by atoms with Crippen LogP contribution in [0.4, 0.5) is 0 Å². The van der Waals surface area contributed by atoms with Crippen LogP contribution in [-0.4, -0.2) is 20.4 Å². The van der Waals surface area contributed by atoms with E-state index in [0.29, 0.717) is 23.2 Å². The molecule has 0 bridgehead atoms. The van der Waals surface area contributed by atoms with Gasteiger partial charge in [0.2, 0.25) is 11.8 Å². The fourth-order valence-electron chi connectivity index (χ4n) is 2.08. The molecule has 0 saturated heterocycles. The molecule has 6 nitrogen and oxygen atoms in total. The van der Waals surface area contributed by atoms with Gasteiger partial charge in [0.25, 0.3) is 0 Å². The van der Waals surface area contributed by atoms with Gasteiger partial charge >= 0.3 is 0 Å². The molecule has 118 valence electrons. The number of aromatic nitrogens is 3. The summed E-state index contributed by atoms with van der Waals surface area (Å²) in [4.78, 5) is 20.4. The Morgan fingerprint density at radius 3 is 2.83 bits per heavy atom. The highest BCUT2D eigenvalue weighted by atomic mass is 35.5. The van der Waals surface area contributed by atoms with Gasteiger partial charge in [-0.3, -0.25) is 4.79 Å². The molecule has 0 aliphatic heterocycles. The lowest BCUT2D eigenvalue weighted by Crippen LogP contribution is -2.26. The van der Waals surface area contributed by atoms with E-state index in [2.05, 4.69) is 15.3 Å². The van der Waals surface area contributed by atoms with E-state index in [4.69, 9.17) is 16.0 Å². The number of hydrogen-bond acceptors (Lipinski definition) is 4. The van der Waals surface area contributed by atoms with Crippen molar-refractivity contribution in [1.29, 1.82) is 0 Å². The van der Waals surface area contributed by atoms with Crippen LogP contribution in [-0.2, 0) is 24.8 Å². The summed E-state index contributed by atoms with van der Waals surface area (Å²) in [5.74, 6) is 1.12. The Balaban J connectivity index is 1.59. The second-order valence-corrected chi connectivity index (χ2v) is 5.50. The zero-order valence-corrected chi connectivity index (χ0v) is 13.2. The van der Waals surface area contributed by atoms with Gasteiger partial charge in [-0.25, -0.2) is 9.97 Å². The molecule has 0 spiro atoms. The molecular formula is C16H15ClN4O2. The fourth-order valence-corrected chi connectivity index (χ4v) is 2.21. The van der Waals surface area contributed by atoms with Crippen LogP contribution < -0.4 is 5.32 Å². The maximum Gasteiger partial charge on any atom is 0.226 e. The first-order valence-corrected chi connectivity index (χ1v) is 7.43. The Hall–Kier alpha value is -2.60. The van der Waals surface area contributed by atoms with Crippen molar-refractivity contribution in [3.63, 3.8) is 0 Å². The lowest BCUT2D eigenvalue weighted by molar-refractivity contribution is -0.120. The van der Waals surface area contributed by atoms with Crippen molar-refractivity contribution in [2.45, 2.75) is 13.0 Å². The van der Waals surface area contributed by atoms with Gasteiger partial charge in [-0.15, -0.1) is 0 Å². The monoisotopic (exact) mass is 330 g/mol. The molecule has 23 heavy (non-hydrogen) atoms. The van der Waals surface area contributed by atoms with Crippen molar-refractivity contribution in [3.8, 4) is 11.5 Å². The van der Waals surface area contributed by atoms with Crippen LogP contribution in [0.5, 0.6) is 0 Å². The summed E-state index contributed by atoms with van der Waals surface area (Å²) < 4.78 is 7.27. The summed E-state index contributed by atoms with van der Waals surface area (Å²) in [6.07, 6.45) is 5.17. The smallest absolute Gasteiger partial charge is 0.226 e. The molecular weight excluding hydrogens is 316 g/mol. The van der Waals surface area contributed by atoms with Crippen LogP contribution in [0.15, 0.2) is 47.3 Å². The molecule has 2 heterocycles. The molecule has 1 amide bonds. The molecule has 0 fully saturated rings. The quantitative estimate of drug-likeness (QED) is 0.780. The van der Waals surface area contributed by atoms with E-state index >= 15 is 0 Å². The van der Waals surface area contributed by atoms with Gasteiger partial charge in [0, 0.05) is 30.0 Å². The van der Waals surface area contributed by atoms with Crippen LogP contribution in [0.1, 0.15) is 11.5 Å². The SMILES string of the molecule is Cn1ccnc1CNC(=O)Cc1coc(-c2ccc(Cl)cc2)n1. The summed E-state index contributed by atoms with van der Waals surface area (Å²) in [6.45, 7) is 0.379. The summed E-state index contributed by atoms with van der Waals surface area (Å²) in [7, 11) is 1.88. The van der Waals surface area contributed by atoms with Crippen molar-refractivity contribution in [2.24, 2.45) is 7.05 Å². The standard InChI is InChI=1S/C16H15ClN4O2/c1-21-7-6-18-14(21)9-19-15(22)8-13-10-23-16(20-13)11-2-4-12(17)5-3-11/h2-7,10H,8-9H2,1H3,(H,19,22). The predicted octanol–water partition coefficient (Wildman–Crippen LogP) is 2.59. The number of aryl methyl sites for hydroxylation is 1. The topological polar surface area (TPSA) is 73.0 Å². The third-order valence-corrected chi connectivity index (χ3v) is 3.60. The van der Waals surface area contributed by atoms with Gasteiger partial charge in [-0.1, -0.05) is 11.6 Å². The molecule has 7 heteroatoms. The molecule has 0 aliphatic carbocycles. The van der Waals surface area contributed by atoms with Gasteiger partial charge < -0.3 is 14.3 Å². The van der Waals surface area contributed by atoms with Crippen molar-refractivity contribution < 1.29 is 9.21 Å². The number of imidazole rings is 1. The second-order valence-electron chi connectivity index (χ2n) is 5.06. The average Bonchev–Trinajstić information content (AvgIpc) is 3.15. The van der Waals surface area contributed by atoms with Crippen LogP contribution in [0.25, 0.3) is 11.5 Å². The molecule has 3 aromatic rings. The third kappa shape index (κ3) is 3.78. The second kappa shape index (κ2) is 6.66. The predicted molar refractivity (Wildman–Crippen MR) is 85.7 cm³/mol. The van der Waals surface area contributed by atoms with Gasteiger partial charge in [-0.05, 0) is 24.3 Å². The van der Waals surface area contributed by atoms with Crippen molar-refractivity contribution in [1.82, 2.24) is 19.9 Å². The van der Waals surface area contributed by atoms with Crippen LogP contribution in [0, 0.1) is 0 Å². The minimum atomic E-state index is -0.135. The highest BCUT2D eigenvalue weighted by molar-refractivity contribution is 6.30. The summed E-state index contributed by atoms with van der Waals surface area (Å²) in [5, 5.41) is 3.46. The molecule has 0 radical (unpaired) electrons. The van der Waals surface area contributed by atoms with Crippen LogP contribution in [0.2, 0.25) is 5.02 Å². The van der Waals surface area contributed by atoms with E-state index in [1.807, 2.05) is 29.9 Å². The first-order valence-electron chi connectivity index (χ1n) is 7.05.